The number of hydrogen-bond acceptors (Lipinski definition) is 4. The number of esters is 1. The summed E-state index contributed by atoms with van der Waals surface area (Å²) < 4.78 is 4.93. The lowest BCUT2D eigenvalue weighted by Gasteiger charge is -2.07. The summed E-state index contributed by atoms with van der Waals surface area (Å²) in [5.74, 6) is -1.08. The van der Waals surface area contributed by atoms with Crippen molar-refractivity contribution in [3.8, 4) is 0 Å². The summed E-state index contributed by atoms with van der Waals surface area (Å²) in [5, 5.41) is 0. The van der Waals surface area contributed by atoms with Crippen LogP contribution in [0.15, 0.2) is 6.07 Å². The highest BCUT2D eigenvalue weighted by atomic mass is 32.1. The zero-order chi connectivity index (χ0) is 11.7. The Kier molecular flexibility index (Phi) is 2.96. The smallest absolute Gasteiger partial charge is 0.349 e. The molecule has 4 nitrogen and oxygen atoms in total. The van der Waals surface area contributed by atoms with E-state index in [9.17, 15) is 9.59 Å². The number of hydrogen-bond donors (Lipinski definition) is 1. The molecule has 2 rings (SSSR count). The maximum Gasteiger partial charge on any atom is 0.349 e. The van der Waals surface area contributed by atoms with E-state index in [1.165, 1.54) is 28.7 Å². The number of rotatable bonds is 3. The monoisotopic (exact) mass is 239 g/mol. The highest BCUT2D eigenvalue weighted by molar-refractivity contribution is 7.14. The Balaban J connectivity index is 2.07. The Labute approximate surface area is 97.4 Å². The molecule has 0 aliphatic heterocycles. The molecule has 1 atom stereocenters. The first kappa shape index (κ1) is 11.1. The van der Waals surface area contributed by atoms with E-state index in [0.29, 0.717) is 4.88 Å². The molecule has 1 aliphatic carbocycles. The van der Waals surface area contributed by atoms with Crippen molar-refractivity contribution in [3.05, 3.63) is 21.4 Å². The van der Waals surface area contributed by atoms with Gasteiger partial charge < -0.3 is 10.5 Å². The largest absolute Gasteiger partial charge is 0.448 e. The second kappa shape index (κ2) is 4.25. The van der Waals surface area contributed by atoms with Gasteiger partial charge in [0, 0.05) is 4.88 Å². The second-order valence-electron chi connectivity index (χ2n) is 3.86. The number of amides is 1. The predicted molar refractivity (Wildman–Crippen MR) is 60.4 cm³/mol. The summed E-state index contributed by atoms with van der Waals surface area (Å²) >= 11 is 1.46. The fourth-order valence-corrected chi connectivity index (χ4v) is 2.84. The van der Waals surface area contributed by atoms with Gasteiger partial charge >= 0.3 is 5.97 Å². The van der Waals surface area contributed by atoms with Crippen LogP contribution < -0.4 is 5.73 Å². The molecule has 0 spiro atoms. The normalized spacial score (nSPS) is 15.6. The first-order chi connectivity index (χ1) is 7.58. The van der Waals surface area contributed by atoms with Crippen LogP contribution in [0.1, 0.15) is 33.5 Å². The minimum absolute atomic E-state index is 0.453. The lowest BCUT2D eigenvalue weighted by atomic mass is 10.2. The van der Waals surface area contributed by atoms with Gasteiger partial charge in [-0.25, -0.2) is 4.79 Å². The highest BCUT2D eigenvalue weighted by Crippen LogP contribution is 2.31. The Morgan fingerprint density at radius 1 is 1.50 bits per heavy atom. The van der Waals surface area contributed by atoms with Crippen molar-refractivity contribution in [1.82, 2.24) is 0 Å². The van der Waals surface area contributed by atoms with E-state index in [2.05, 4.69) is 0 Å². The van der Waals surface area contributed by atoms with Crippen LogP contribution in [0.5, 0.6) is 0 Å². The lowest BCUT2D eigenvalue weighted by Crippen LogP contribution is -2.30. The van der Waals surface area contributed by atoms with Gasteiger partial charge in [-0.3, -0.25) is 4.79 Å². The third-order valence-corrected chi connectivity index (χ3v) is 3.85. The summed E-state index contributed by atoms with van der Waals surface area (Å²) in [6.07, 6.45) is 2.36. The molecule has 16 heavy (non-hydrogen) atoms. The zero-order valence-electron chi connectivity index (χ0n) is 8.99. The lowest BCUT2D eigenvalue weighted by molar-refractivity contribution is -0.125. The van der Waals surface area contributed by atoms with Crippen LogP contribution in [0, 0.1) is 0 Å². The molecular formula is C11H13NO3S. The maximum atomic E-state index is 11.6. The molecule has 0 bridgehead atoms. The second-order valence-corrected chi connectivity index (χ2v) is 5.00. The number of nitrogens with two attached hydrogens (primary N) is 1. The molecule has 1 heterocycles. The van der Waals surface area contributed by atoms with Gasteiger partial charge in [-0.1, -0.05) is 0 Å². The fraction of sp³-hybridized carbons (Fsp3) is 0.455. The topological polar surface area (TPSA) is 69.4 Å². The van der Waals surface area contributed by atoms with Gasteiger partial charge in [0.2, 0.25) is 0 Å². The van der Waals surface area contributed by atoms with Crippen LogP contribution in [0.4, 0.5) is 0 Å². The van der Waals surface area contributed by atoms with Crippen LogP contribution in [-0.4, -0.2) is 18.0 Å². The van der Waals surface area contributed by atoms with Gasteiger partial charge in [0.25, 0.3) is 5.91 Å². The zero-order valence-corrected chi connectivity index (χ0v) is 9.80. The van der Waals surface area contributed by atoms with Gasteiger partial charge in [0.05, 0.1) is 0 Å². The van der Waals surface area contributed by atoms with Crippen molar-refractivity contribution in [2.24, 2.45) is 5.73 Å². The van der Waals surface area contributed by atoms with Gasteiger partial charge in [0.1, 0.15) is 4.88 Å². The number of fused-ring (bicyclic) bond motifs is 1. The molecule has 1 aromatic heterocycles. The van der Waals surface area contributed by atoms with Crippen LogP contribution in [0.2, 0.25) is 0 Å². The summed E-state index contributed by atoms with van der Waals surface area (Å²) in [7, 11) is 0. The Hall–Kier alpha value is -1.36. The molecule has 2 N–H and O–H groups in total. The fourth-order valence-electron chi connectivity index (χ4n) is 1.71. The highest BCUT2D eigenvalue weighted by Gasteiger charge is 2.21. The molecular weight excluding hydrogens is 226 g/mol. The van der Waals surface area contributed by atoms with E-state index in [1.807, 2.05) is 6.07 Å². The quantitative estimate of drug-likeness (QED) is 0.807. The van der Waals surface area contributed by atoms with Crippen molar-refractivity contribution in [3.63, 3.8) is 0 Å². The molecule has 86 valence electrons. The van der Waals surface area contributed by atoms with E-state index >= 15 is 0 Å². The van der Waals surface area contributed by atoms with Gasteiger partial charge in [0.15, 0.2) is 6.10 Å². The molecule has 0 radical (unpaired) electrons. The molecule has 1 unspecified atom stereocenters. The van der Waals surface area contributed by atoms with E-state index in [-0.39, 0.29) is 0 Å². The van der Waals surface area contributed by atoms with Gasteiger partial charge in [-0.15, -0.1) is 11.3 Å². The Morgan fingerprint density at radius 2 is 2.25 bits per heavy atom. The summed E-state index contributed by atoms with van der Waals surface area (Å²) in [6, 6.07) is 1.86. The maximum absolute atomic E-state index is 11.6. The molecule has 1 aliphatic rings. The van der Waals surface area contributed by atoms with Crippen molar-refractivity contribution in [2.75, 3.05) is 0 Å². The third kappa shape index (κ3) is 2.09. The SMILES string of the molecule is CC(OC(=O)c1cc2c(s1)CCC2)C(N)=O. The summed E-state index contributed by atoms with van der Waals surface area (Å²) in [5.41, 5.74) is 6.26. The number of primary amides is 1. The number of aryl methyl sites for hydroxylation is 2. The van der Waals surface area contributed by atoms with E-state index in [1.54, 1.807) is 0 Å². The Morgan fingerprint density at radius 3 is 2.88 bits per heavy atom. The number of carbonyl (C=O) groups excluding carboxylic acids is 2. The average molecular weight is 239 g/mol. The van der Waals surface area contributed by atoms with E-state index in [4.69, 9.17) is 10.5 Å². The van der Waals surface area contributed by atoms with Crippen LogP contribution >= 0.6 is 11.3 Å². The average Bonchev–Trinajstić information content (AvgIpc) is 2.75. The standard InChI is InChI=1S/C11H13NO3S/c1-6(10(12)13)15-11(14)9-5-7-3-2-4-8(7)16-9/h5-6H,2-4H2,1H3,(H2,12,13). The predicted octanol–water partition coefficient (Wildman–Crippen LogP) is 1.27. The Bertz CT molecular complexity index is 417. The van der Waals surface area contributed by atoms with Crippen molar-refractivity contribution >= 4 is 23.2 Å². The van der Waals surface area contributed by atoms with Crippen molar-refractivity contribution < 1.29 is 14.3 Å². The molecule has 0 aromatic carbocycles. The molecule has 1 aromatic rings. The molecule has 0 saturated carbocycles. The van der Waals surface area contributed by atoms with Crippen LogP contribution in [0.3, 0.4) is 0 Å². The van der Waals surface area contributed by atoms with E-state index in [0.717, 1.165) is 19.3 Å². The summed E-state index contributed by atoms with van der Waals surface area (Å²) in [4.78, 5) is 24.2. The van der Waals surface area contributed by atoms with Crippen molar-refractivity contribution in [2.45, 2.75) is 32.3 Å². The minimum Gasteiger partial charge on any atom is -0.448 e. The first-order valence-corrected chi connectivity index (χ1v) is 6.01. The first-order valence-electron chi connectivity index (χ1n) is 5.20. The third-order valence-electron chi connectivity index (χ3n) is 2.63. The number of ether oxygens (including phenoxy) is 1. The van der Waals surface area contributed by atoms with Gasteiger partial charge in [-0.2, -0.15) is 0 Å². The molecule has 1 amide bonds. The molecule has 5 heteroatoms. The number of thiophene rings is 1. The summed E-state index contributed by atoms with van der Waals surface area (Å²) in [6.45, 7) is 1.47. The van der Waals surface area contributed by atoms with Gasteiger partial charge in [-0.05, 0) is 37.8 Å². The van der Waals surface area contributed by atoms with E-state index < -0.39 is 18.0 Å². The van der Waals surface area contributed by atoms with Crippen molar-refractivity contribution in [1.29, 1.82) is 0 Å². The van der Waals surface area contributed by atoms with Crippen LogP contribution in [0.25, 0.3) is 0 Å². The minimum atomic E-state index is -0.871. The molecule has 0 fully saturated rings. The number of carbonyl (C=O) groups is 2. The van der Waals surface area contributed by atoms with Crippen LogP contribution in [-0.2, 0) is 22.4 Å². The molecule has 0 saturated heterocycles.